The number of halogens is 1. The molecule has 1 rings (SSSR count). The Morgan fingerprint density at radius 3 is 2.58 bits per heavy atom. The van der Waals surface area contributed by atoms with E-state index in [0.717, 1.165) is 5.57 Å². The lowest BCUT2D eigenvalue weighted by atomic mass is 10.0. The molecule has 0 fully saturated rings. The molecule has 0 heterocycles. The highest BCUT2D eigenvalue weighted by Gasteiger charge is 2.09. The average molecular weight is 165 g/mol. The predicted molar refractivity (Wildman–Crippen MR) is 48.1 cm³/mol. The van der Waals surface area contributed by atoms with Crippen LogP contribution in [0.3, 0.4) is 0 Å². The lowest BCUT2D eigenvalue weighted by Crippen LogP contribution is -2.12. The molecule has 0 bridgehead atoms. The van der Waals surface area contributed by atoms with E-state index in [1.165, 1.54) is 6.07 Å². The predicted octanol–water partition coefficient (Wildman–Crippen LogP) is 2.40. The lowest BCUT2D eigenvalue weighted by Gasteiger charge is -2.11. The van der Waals surface area contributed by atoms with Crippen LogP contribution in [0.1, 0.15) is 18.5 Å². The standard InChI is InChI=1S/C10H12FN/c1-7(2)10(12)8-5-3-4-6-9(8)11/h3-6,10H,1,12H2,2H3. The summed E-state index contributed by atoms with van der Waals surface area (Å²) in [6.07, 6.45) is 0. The maximum absolute atomic E-state index is 13.1. The first-order valence-electron chi connectivity index (χ1n) is 3.78. The Morgan fingerprint density at radius 2 is 2.08 bits per heavy atom. The van der Waals surface area contributed by atoms with Crippen LogP contribution < -0.4 is 5.73 Å². The van der Waals surface area contributed by atoms with E-state index in [4.69, 9.17) is 5.73 Å². The van der Waals surface area contributed by atoms with Gasteiger partial charge >= 0.3 is 0 Å². The number of benzene rings is 1. The minimum Gasteiger partial charge on any atom is -0.320 e. The molecular weight excluding hydrogens is 153 g/mol. The van der Waals surface area contributed by atoms with Crippen LogP contribution in [-0.2, 0) is 0 Å². The van der Waals surface area contributed by atoms with Gasteiger partial charge in [0.2, 0.25) is 0 Å². The van der Waals surface area contributed by atoms with Gasteiger partial charge in [-0.3, -0.25) is 0 Å². The van der Waals surface area contributed by atoms with Crippen molar-refractivity contribution in [2.45, 2.75) is 13.0 Å². The third-order valence-electron chi connectivity index (χ3n) is 1.77. The molecule has 2 heteroatoms. The van der Waals surface area contributed by atoms with E-state index >= 15 is 0 Å². The van der Waals surface area contributed by atoms with Gasteiger partial charge in [0.05, 0.1) is 6.04 Å². The largest absolute Gasteiger partial charge is 0.320 e. The van der Waals surface area contributed by atoms with E-state index in [0.29, 0.717) is 5.56 Å². The smallest absolute Gasteiger partial charge is 0.128 e. The van der Waals surface area contributed by atoms with E-state index in [2.05, 4.69) is 6.58 Å². The maximum atomic E-state index is 13.1. The first kappa shape index (κ1) is 8.94. The van der Waals surface area contributed by atoms with Crippen molar-refractivity contribution in [2.24, 2.45) is 5.73 Å². The minimum atomic E-state index is -0.397. The summed E-state index contributed by atoms with van der Waals surface area (Å²) in [7, 11) is 0. The molecule has 12 heavy (non-hydrogen) atoms. The third-order valence-corrected chi connectivity index (χ3v) is 1.77. The highest BCUT2D eigenvalue weighted by molar-refractivity contribution is 5.26. The Bertz CT molecular complexity index is 294. The fraction of sp³-hybridized carbons (Fsp3) is 0.200. The second-order valence-corrected chi connectivity index (χ2v) is 2.85. The molecule has 64 valence electrons. The van der Waals surface area contributed by atoms with Gasteiger partial charge in [-0.15, -0.1) is 0 Å². The molecule has 1 unspecified atom stereocenters. The Balaban J connectivity index is 3.02. The van der Waals surface area contributed by atoms with Crippen LogP contribution in [-0.4, -0.2) is 0 Å². The van der Waals surface area contributed by atoms with Gasteiger partial charge in [-0.2, -0.15) is 0 Å². The zero-order valence-electron chi connectivity index (χ0n) is 7.05. The summed E-state index contributed by atoms with van der Waals surface area (Å²) in [6.45, 7) is 5.47. The van der Waals surface area contributed by atoms with Crippen LogP contribution in [0.5, 0.6) is 0 Å². The molecule has 0 saturated carbocycles. The fourth-order valence-electron chi connectivity index (χ4n) is 0.993. The SMILES string of the molecule is C=C(C)C(N)c1ccccc1F. The quantitative estimate of drug-likeness (QED) is 0.669. The van der Waals surface area contributed by atoms with E-state index in [9.17, 15) is 4.39 Å². The van der Waals surface area contributed by atoms with Crippen LogP contribution in [0, 0.1) is 5.82 Å². The van der Waals surface area contributed by atoms with E-state index in [1.807, 2.05) is 0 Å². The van der Waals surface area contributed by atoms with Crippen LogP contribution in [0.4, 0.5) is 4.39 Å². The molecule has 0 spiro atoms. The monoisotopic (exact) mass is 165 g/mol. The van der Waals surface area contributed by atoms with Crippen LogP contribution in [0.25, 0.3) is 0 Å². The molecule has 1 aromatic carbocycles. The van der Waals surface area contributed by atoms with Crippen LogP contribution >= 0.6 is 0 Å². The zero-order valence-corrected chi connectivity index (χ0v) is 7.05. The van der Waals surface area contributed by atoms with Crippen molar-refractivity contribution in [2.75, 3.05) is 0 Å². The summed E-state index contributed by atoms with van der Waals surface area (Å²) in [5, 5.41) is 0. The van der Waals surface area contributed by atoms with Gasteiger partial charge in [0, 0.05) is 5.56 Å². The first-order valence-corrected chi connectivity index (χ1v) is 3.78. The summed E-state index contributed by atoms with van der Waals surface area (Å²) in [6, 6.07) is 6.09. The van der Waals surface area contributed by atoms with Gasteiger partial charge in [0.25, 0.3) is 0 Å². The summed E-state index contributed by atoms with van der Waals surface area (Å²) >= 11 is 0. The Labute approximate surface area is 71.7 Å². The number of nitrogens with two attached hydrogens (primary N) is 1. The molecule has 1 atom stereocenters. The van der Waals surface area contributed by atoms with Crippen molar-refractivity contribution in [3.63, 3.8) is 0 Å². The molecule has 0 radical (unpaired) electrons. The summed E-state index contributed by atoms with van der Waals surface area (Å²) < 4.78 is 13.1. The zero-order chi connectivity index (χ0) is 9.14. The molecule has 1 nitrogen and oxygen atoms in total. The van der Waals surface area contributed by atoms with Crippen LogP contribution in [0.2, 0.25) is 0 Å². The van der Waals surface area contributed by atoms with Gasteiger partial charge in [0.15, 0.2) is 0 Å². The average Bonchev–Trinajstić information content (AvgIpc) is 2.04. The fourth-order valence-corrected chi connectivity index (χ4v) is 0.993. The Hall–Kier alpha value is -1.15. The number of hydrogen-bond acceptors (Lipinski definition) is 1. The summed E-state index contributed by atoms with van der Waals surface area (Å²) in [5.74, 6) is -0.270. The van der Waals surface area contributed by atoms with E-state index in [-0.39, 0.29) is 5.82 Å². The molecule has 1 aromatic rings. The summed E-state index contributed by atoms with van der Waals surface area (Å²) in [4.78, 5) is 0. The van der Waals surface area contributed by atoms with Crippen molar-refractivity contribution in [3.05, 3.63) is 47.8 Å². The molecule has 0 aromatic heterocycles. The van der Waals surface area contributed by atoms with E-state index in [1.54, 1.807) is 25.1 Å². The molecule has 0 aliphatic rings. The van der Waals surface area contributed by atoms with Crippen molar-refractivity contribution in [3.8, 4) is 0 Å². The second-order valence-electron chi connectivity index (χ2n) is 2.85. The molecule has 0 amide bonds. The summed E-state index contributed by atoms with van der Waals surface area (Å²) in [5.41, 5.74) is 6.97. The highest BCUT2D eigenvalue weighted by Crippen LogP contribution is 2.19. The van der Waals surface area contributed by atoms with Gasteiger partial charge < -0.3 is 5.73 Å². The Kier molecular flexibility index (Phi) is 2.61. The van der Waals surface area contributed by atoms with Gasteiger partial charge in [0.1, 0.15) is 5.82 Å². The lowest BCUT2D eigenvalue weighted by molar-refractivity contribution is 0.598. The number of rotatable bonds is 2. The highest BCUT2D eigenvalue weighted by atomic mass is 19.1. The normalized spacial score (nSPS) is 12.6. The van der Waals surface area contributed by atoms with Crippen LogP contribution in [0.15, 0.2) is 36.4 Å². The molecule has 0 aliphatic heterocycles. The van der Waals surface area contributed by atoms with Crippen molar-refractivity contribution < 1.29 is 4.39 Å². The Morgan fingerprint density at radius 1 is 1.50 bits per heavy atom. The molecule has 2 N–H and O–H groups in total. The molecule has 0 aliphatic carbocycles. The topological polar surface area (TPSA) is 26.0 Å². The molecule has 0 saturated heterocycles. The second kappa shape index (κ2) is 3.50. The van der Waals surface area contributed by atoms with Crippen molar-refractivity contribution in [1.29, 1.82) is 0 Å². The minimum absolute atomic E-state index is 0.270. The first-order chi connectivity index (χ1) is 5.63. The van der Waals surface area contributed by atoms with Gasteiger partial charge in [-0.05, 0) is 13.0 Å². The third kappa shape index (κ3) is 1.71. The van der Waals surface area contributed by atoms with E-state index < -0.39 is 6.04 Å². The number of hydrogen-bond donors (Lipinski definition) is 1. The van der Waals surface area contributed by atoms with Gasteiger partial charge in [-0.25, -0.2) is 4.39 Å². The van der Waals surface area contributed by atoms with Crippen molar-refractivity contribution in [1.82, 2.24) is 0 Å². The van der Waals surface area contributed by atoms with Crippen molar-refractivity contribution >= 4 is 0 Å². The maximum Gasteiger partial charge on any atom is 0.128 e. The van der Waals surface area contributed by atoms with Gasteiger partial charge in [-0.1, -0.05) is 30.4 Å². The molecular formula is C10H12FN.